The van der Waals surface area contributed by atoms with E-state index in [-0.39, 0.29) is 60.1 Å². The highest BCUT2D eigenvalue weighted by molar-refractivity contribution is 6.19. The van der Waals surface area contributed by atoms with Crippen LogP contribution in [-0.4, -0.2) is 130 Å². The van der Waals surface area contributed by atoms with Gasteiger partial charge in [0.05, 0.1) is 36.7 Å². The zero-order valence-electron chi connectivity index (χ0n) is 37.5. The zero-order valence-corrected chi connectivity index (χ0v) is 38.2. The topological polar surface area (TPSA) is 140 Å². The van der Waals surface area contributed by atoms with Gasteiger partial charge in [-0.15, -0.1) is 11.6 Å². The molecule has 0 aromatic heterocycles. The highest BCUT2D eigenvalue weighted by Gasteiger charge is 2.48. The van der Waals surface area contributed by atoms with E-state index in [9.17, 15) is 19.2 Å². The summed E-state index contributed by atoms with van der Waals surface area (Å²) in [6, 6.07) is 20.1. The molecule has 4 aromatic carbocycles. The van der Waals surface area contributed by atoms with Crippen LogP contribution in [0.4, 0.5) is 21.0 Å². The summed E-state index contributed by atoms with van der Waals surface area (Å²) in [5, 5.41) is 1.66. The number of alkyl halides is 1. The fourth-order valence-corrected chi connectivity index (χ4v) is 10.0. The number of carbonyl (C=O) groups is 4. The third-order valence-electron chi connectivity index (χ3n) is 13.2. The Labute approximate surface area is 389 Å². The molecule has 2 saturated heterocycles. The van der Waals surface area contributed by atoms with E-state index in [0.717, 1.165) is 53.4 Å². The van der Waals surface area contributed by atoms with Crippen molar-refractivity contribution in [3.63, 3.8) is 0 Å². The van der Waals surface area contributed by atoms with Crippen molar-refractivity contribution < 1.29 is 47.6 Å². The van der Waals surface area contributed by atoms with Gasteiger partial charge >= 0.3 is 12.2 Å². The number of halogens is 1. The van der Waals surface area contributed by atoms with E-state index in [4.69, 9.17) is 40.0 Å². The van der Waals surface area contributed by atoms with Crippen LogP contribution in [-0.2, 0) is 32.0 Å². The van der Waals surface area contributed by atoms with Crippen LogP contribution < -0.4 is 24.0 Å². The lowest BCUT2D eigenvalue weighted by Gasteiger charge is -2.43. The molecule has 4 atom stereocenters. The number of likely N-dealkylation sites (N-methyl/N-ethyl adjacent to an activating group) is 1. The second-order valence-corrected chi connectivity index (χ2v) is 17.7. The van der Waals surface area contributed by atoms with Gasteiger partial charge in [0.25, 0.3) is 5.91 Å². The molecule has 2 fully saturated rings. The Morgan fingerprint density at radius 1 is 0.909 bits per heavy atom. The third-order valence-corrected chi connectivity index (χ3v) is 13.6. The average Bonchev–Trinajstić information content (AvgIpc) is 3.69. The summed E-state index contributed by atoms with van der Waals surface area (Å²) in [6.45, 7) is 7.61. The van der Waals surface area contributed by atoms with Gasteiger partial charge in [0.15, 0.2) is 24.0 Å². The summed E-state index contributed by atoms with van der Waals surface area (Å²) in [7, 11) is 3.51. The number of hydrogen-bond acceptors (Lipinski definition) is 11. The minimum atomic E-state index is -0.990. The highest BCUT2D eigenvalue weighted by Crippen LogP contribution is 2.47. The molecule has 5 aliphatic rings. The number of anilines is 2. The molecule has 5 aliphatic heterocycles. The van der Waals surface area contributed by atoms with Crippen molar-refractivity contribution in [3.05, 3.63) is 102 Å². The van der Waals surface area contributed by atoms with Gasteiger partial charge < -0.3 is 48.0 Å². The van der Waals surface area contributed by atoms with Crippen LogP contribution in [0.1, 0.15) is 65.1 Å². The SMILES string of the molecule is C=CCOC(=O)N1c2cc(OCCCC(=O)N3C[C@@H](CCl)c4c3cc(OC(=O)N3CCN(C)CC3)c3ccccc43)c(OC)cc2C(=O)N2Cc3ccccc3CC2C1OC1CCCCO1. The van der Waals surface area contributed by atoms with Crippen molar-refractivity contribution in [2.45, 2.75) is 69.5 Å². The molecule has 0 radical (unpaired) electrons. The quantitative estimate of drug-likeness (QED) is 0.0785. The van der Waals surface area contributed by atoms with E-state index in [1.54, 1.807) is 32.9 Å². The van der Waals surface area contributed by atoms with Crippen LogP contribution in [0.5, 0.6) is 17.2 Å². The van der Waals surface area contributed by atoms with E-state index >= 15 is 0 Å². The molecule has 0 aliphatic carbocycles. The number of nitrogens with zero attached hydrogens (tertiary/aromatic N) is 5. The zero-order chi connectivity index (χ0) is 45.9. The van der Waals surface area contributed by atoms with E-state index in [1.165, 1.54) is 18.1 Å². The molecule has 66 heavy (non-hydrogen) atoms. The van der Waals surface area contributed by atoms with Crippen molar-refractivity contribution in [2.75, 3.05) is 82.4 Å². The number of benzene rings is 4. The van der Waals surface area contributed by atoms with Gasteiger partial charge in [-0.3, -0.25) is 9.59 Å². The molecule has 0 saturated carbocycles. The van der Waals surface area contributed by atoms with Crippen LogP contribution in [0.15, 0.2) is 79.4 Å². The fourth-order valence-electron chi connectivity index (χ4n) is 9.76. The second kappa shape index (κ2) is 19.9. The Morgan fingerprint density at radius 2 is 1.67 bits per heavy atom. The van der Waals surface area contributed by atoms with Crippen LogP contribution in [0, 0.1) is 0 Å². The van der Waals surface area contributed by atoms with Crippen molar-refractivity contribution in [3.8, 4) is 17.2 Å². The number of rotatable bonds is 12. The van der Waals surface area contributed by atoms with Gasteiger partial charge in [-0.2, -0.15) is 0 Å². The minimum absolute atomic E-state index is 0.0670. The van der Waals surface area contributed by atoms with Crippen LogP contribution in [0.2, 0.25) is 0 Å². The molecule has 5 heterocycles. The summed E-state index contributed by atoms with van der Waals surface area (Å²) in [5.74, 6) is 0.657. The number of ether oxygens (including phenoxy) is 6. The predicted molar refractivity (Wildman–Crippen MR) is 249 cm³/mol. The highest BCUT2D eigenvalue weighted by atomic mass is 35.5. The Balaban J connectivity index is 0.973. The van der Waals surface area contributed by atoms with Crippen LogP contribution >= 0.6 is 11.6 Å². The average molecular weight is 922 g/mol. The first-order valence-electron chi connectivity index (χ1n) is 22.8. The van der Waals surface area contributed by atoms with E-state index in [1.807, 2.05) is 55.6 Å². The molecule has 16 heteroatoms. The maximum Gasteiger partial charge on any atom is 0.416 e. The minimum Gasteiger partial charge on any atom is -0.493 e. The smallest absolute Gasteiger partial charge is 0.416 e. The molecule has 3 unspecified atom stereocenters. The molecule has 4 aromatic rings. The normalized spacial score (nSPS) is 21.6. The molecular formula is C50H56ClN5O10. The number of amides is 4. The molecule has 9 rings (SSSR count). The molecular weight excluding hydrogens is 866 g/mol. The lowest BCUT2D eigenvalue weighted by Crippen LogP contribution is -2.58. The van der Waals surface area contributed by atoms with Gasteiger partial charge in [-0.25, -0.2) is 14.5 Å². The van der Waals surface area contributed by atoms with E-state index in [0.29, 0.717) is 69.4 Å². The van der Waals surface area contributed by atoms with Crippen molar-refractivity contribution in [1.29, 1.82) is 0 Å². The summed E-state index contributed by atoms with van der Waals surface area (Å²) in [5.41, 5.74) is 4.13. The molecule has 0 spiro atoms. The van der Waals surface area contributed by atoms with Crippen LogP contribution in [0.3, 0.4) is 0 Å². The second-order valence-electron chi connectivity index (χ2n) is 17.4. The maximum atomic E-state index is 14.8. The fraction of sp³-hybridized carbons (Fsp3) is 0.440. The Bertz CT molecular complexity index is 2490. The van der Waals surface area contributed by atoms with E-state index < -0.39 is 30.7 Å². The van der Waals surface area contributed by atoms with Crippen LogP contribution in [0.25, 0.3) is 10.8 Å². The summed E-state index contributed by atoms with van der Waals surface area (Å²) in [6.07, 6.45) is 2.03. The Hall–Kier alpha value is -5.87. The van der Waals surface area contributed by atoms with E-state index in [2.05, 4.69) is 11.5 Å². The number of piperazine rings is 1. The number of fused-ring (bicyclic) bond motifs is 6. The molecule has 15 nitrogen and oxygen atoms in total. The summed E-state index contributed by atoms with van der Waals surface area (Å²) in [4.78, 5) is 65.4. The lowest BCUT2D eigenvalue weighted by molar-refractivity contribution is -0.197. The molecule has 4 amide bonds. The monoisotopic (exact) mass is 921 g/mol. The predicted octanol–water partition coefficient (Wildman–Crippen LogP) is 7.70. The van der Waals surface area contributed by atoms with Gasteiger partial charge in [0.1, 0.15) is 12.4 Å². The van der Waals surface area contributed by atoms with Gasteiger partial charge in [0, 0.05) is 81.6 Å². The Kier molecular flexibility index (Phi) is 13.7. The van der Waals surface area contributed by atoms with Crippen molar-refractivity contribution in [1.82, 2.24) is 14.7 Å². The van der Waals surface area contributed by atoms with Crippen molar-refractivity contribution in [2.24, 2.45) is 0 Å². The molecule has 348 valence electrons. The summed E-state index contributed by atoms with van der Waals surface area (Å²) < 4.78 is 36.8. The maximum absolute atomic E-state index is 14.8. The van der Waals surface area contributed by atoms with Crippen molar-refractivity contribution >= 4 is 57.7 Å². The van der Waals surface area contributed by atoms with Gasteiger partial charge in [-0.1, -0.05) is 61.2 Å². The third kappa shape index (κ3) is 9.01. The lowest BCUT2D eigenvalue weighted by atomic mass is 9.92. The standard InChI is InChI=1S/C50H56ClN5O10/c1-4-22-64-50(60)56-38-27-43(42(61-3)26-37(38)47(58)55-30-33-13-6-5-12-32(33)25-40(55)48(56)66-45-17-9-10-23-63-45)62-24-11-16-44(57)54-31-34(29-51)46-36-15-8-7-14-35(36)41(28-39(46)54)65-49(59)53-20-18-52(2)19-21-53/h4-8,12-15,26-28,34,40,45,48H,1,9-11,16-25,29-31H2,2-3H3/t34-,40?,45?,48?/m1/s1. The van der Waals surface area contributed by atoms with Gasteiger partial charge in [-0.05, 0) is 67.3 Å². The summed E-state index contributed by atoms with van der Waals surface area (Å²) >= 11 is 6.57. The first-order valence-corrected chi connectivity index (χ1v) is 23.3. The number of carbonyl (C=O) groups excluding carboxylic acids is 4. The molecule has 0 bridgehead atoms. The Morgan fingerprint density at radius 3 is 2.41 bits per heavy atom. The number of hydrogen-bond donors (Lipinski definition) is 0. The largest absolute Gasteiger partial charge is 0.493 e. The number of methoxy groups -OCH3 is 1. The molecule has 0 N–H and O–H groups in total. The van der Waals surface area contributed by atoms with Gasteiger partial charge in [0.2, 0.25) is 5.91 Å². The first-order chi connectivity index (χ1) is 32.2. The first kappa shape index (κ1) is 45.3.